The highest BCUT2D eigenvalue weighted by Crippen LogP contribution is 2.29. The Kier molecular flexibility index (Phi) is 5.22. The Labute approximate surface area is 185 Å². The molecule has 3 aromatic heterocycles. The fourth-order valence-corrected chi connectivity index (χ4v) is 4.10. The third-order valence-electron chi connectivity index (χ3n) is 5.94. The number of aryl methyl sites for hydroxylation is 3. The lowest BCUT2D eigenvalue weighted by atomic mass is 9.97. The molecule has 0 atom stereocenters. The first-order valence-corrected chi connectivity index (χ1v) is 10.8. The summed E-state index contributed by atoms with van der Waals surface area (Å²) in [4.78, 5) is 22.4. The fourth-order valence-electron chi connectivity index (χ4n) is 4.10. The number of pyridine rings is 1. The standard InChI is InChI=1S/C24H25N5O3/c1-14-4-5-16(21-10-15(2)28-32-21)11-19(14)20-12-17-13-25-24(26-18-6-8-31-9-7-18)27-22(17)29(3)23(20)30/h4-5,10-13,18H,6-9H2,1-3H3,(H,25,26,27). The van der Waals surface area contributed by atoms with Gasteiger partial charge in [0.2, 0.25) is 5.95 Å². The van der Waals surface area contributed by atoms with Gasteiger partial charge in [0.05, 0.1) is 5.69 Å². The van der Waals surface area contributed by atoms with E-state index in [-0.39, 0.29) is 11.6 Å². The van der Waals surface area contributed by atoms with Crippen LogP contribution < -0.4 is 10.9 Å². The van der Waals surface area contributed by atoms with Crippen LogP contribution in [0.3, 0.4) is 0 Å². The van der Waals surface area contributed by atoms with Crippen LogP contribution in [-0.2, 0) is 11.8 Å². The third kappa shape index (κ3) is 3.78. The smallest absolute Gasteiger partial charge is 0.259 e. The number of nitrogens with one attached hydrogen (secondary N) is 1. The van der Waals surface area contributed by atoms with Gasteiger partial charge in [0.1, 0.15) is 5.65 Å². The van der Waals surface area contributed by atoms with Crippen LogP contribution in [-0.4, -0.2) is 38.9 Å². The van der Waals surface area contributed by atoms with E-state index in [1.165, 1.54) is 0 Å². The summed E-state index contributed by atoms with van der Waals surface area (Å²) in [5, 5.41) is 8.14. The number of hydrogen-bond donors (Lipinski definition) is 1. The molecule has 4 aromatic rings. The molecular weight excluding hydrogens is 406 g/mol. The predicted octanol–water partition coefficient (Wildman–Crippen LogP) is 3.86. The maximum atomic E-state index is 13.3. The number of nitrogens with zero attached hydrogens (tertiary/aromatic N) is 4. The van der Waals surface area contributed by atoms with Crippen LogP contribution in [0, 0.1) is 13.8 Å². The first kappa shape index (κ1) is 20.4. The lowest BCUT2D eigenvalue weighted by molar-refractivity contribution is 0.0903. The van der Waals surface area contributed by atoms with Gasteiger partial charge in [0.15, 0.2) is 5.76 Å². The molecule has 1 N–H and O–H groups in total. The molecule has 1 aromatic carbocycles. The van der Waals surface area contributed by atoms with Gasteiger partial charge < -0.3 is 14.6 Å². The largest absolute Gasteiger partial charge is 0.381 e. The molecule has 0 radical (unpaired) electrons. The number of rotatable bonds is 4. The minimum absolute atomic E-state index is 0.109. The molecular formula is C24H25N5O3. The van der Waals surface area contributed by atoms with Crippen LogP contribution in [0.4, 0.5) is 5.95 Å². The molecule has 1 fully saturated rings. The molecule has 164 valence electrons. The zero-order valence-corrected chi connectivity index (χ0v) is 18.4. The van der Waals surface area contributed by atoms with Gasteiger partial charge in [-0.3, -0.25) is 9.36 Å². The lowest BCUT2D eigenvalue weighted by Gasteiger charge is -2.23. The van der Waals surface area contributed by atoms with Crippen molar-refractivity contribution in [2.24, 2.45) is 7.05 Å². The van der Waals surface area contributed by atoms with E-state index < -0.39 is 0 Å². The summed E-state index contributed by atoms with van der Waals surface area (Å²) < 4.78 is 12.4. The first-order chi connectivity index (χ1) is 15.5. The number of aromatic nitrogens is 4. The van der Waals surface area contributed by atoms with Crippen LogP contribution in [0.2, 0.25) is 0 Å². The zero-order valence-electron chi connectivity index (χ0n) is 18.4. The second-order valence-electron chi connectivity index (χ2n) is 8.29. The second kappa shape index (κ2) is 8.20. The maximum absolute atomic E-state index is 13.3. The molecule has 1 aliphatic rings. The molecule has 5 rings (SSSR count). The summed E-state index contributed by atoms with van der Waals surface area (Å²) in [6.07, 6.45) is 3.60. The van der Waals surface area contributed by atoms with E-state index >= 15 is 0 Å². The van der Waals surface area contributed by atoms with Crippen molar-refractivity contribution in [1.82, 2.24) is 19.7 Å². The number of anilines is 1. The van der Waals surface area contributed by atoms with Gasteiger partial charge >= 0.3 is 0 Å². The van der Waals surface area contributed by atoms with Crippen molar-refractivity contribution < 1.29 is 9.26 Å². The summed E-state index contributed by atoms with van der Waals surface area (Å²) in [6, 6.07) is 9.97. The topological polar surface area (TPSA) is 95.1 Å². The maximum Gasteiger partial charge on any atom is 0.259 e. The number of benzene rings is 1. The van der Waals surface area contributed by atoms with Crippen LogP contribution >= 0.6 is 0 Å². The summed E-state index contributed by atoms with van der Waals surface area (Å²) in [7, 11) is 1.75. The van der Waals surface area contributed by atoms with Gasteiger partial charge in [-0.05, 0) is 49.9 Å². The Morgan fingerprint density at radius 3 is 2.66 bits per heavy atom. The molecule has 1 aliphatic heterocycles. The van der Waals surface area contributed by atoms with E-state index in [1.807, 2.05) is 44.2 Å². The number of hydrogen-bond acceptors (Lipinski definition) is 7. The second-order valence-corrected chi connectivity index (χ2v) is 8.29. The van der Waals surface area contributed by atoms with Crippen molar-refractivity contribution in [2.45, 2.75) is 32.7 Å². The molecule has 8 heteroatoms. The Balaban J connectivity index is 1.56. The predicted molar refractivity (Wildman–Crippen MR) is 123 cm³/mol. The molecule has 0 saturated carbocycles. The molecule has 4 heterocycles. The van der Waals surface area contributed by atoms with Crippen LogP contribution in [0.25, 0.3) is 33.5 Å². The summed E-state index contributed by atoms with van der Waals surface area (Å²) >= 11 is 0. The van der Waals surface area contributed by atoms with Crippen molar-refractivity contribution in [3.63, 3.8) is 0 Å². The molecule has 0 spiro atoms. The van der Waals surface area contributed by atoms with Crippen molar-refractivity contribution in [2.75, 3.05) is 18.5 Å². The van der Waals surface area contributed by atoms with E-state index in [1.54, 1.807) is 17.8 Å². The molecule has 0 bridgehead atoms. The van der Waals surface area contributed by atoms with Crippen molar-refractivity contribution in [1.29, 1.82) is 0 Å². The number of ether oxygens (including phenoxy) is 1. The van der Waals surface area contributed by atoms with Crippen LogP contribution in [0.15, 0.2) is 45.8 Å². The monoisotopic (exact) mass is 431 g/mol. The van der Waals surface area contributed by atoms with Crippen molar-refractivity contribution >= 4 is 17.0 Å². The van der Waals surface area contributed by atoms with Crippen molar-refractivity contribution in [3.8, 4) is 22.5 Å². The highest BCUT2D eigenvalue weighted by Gasteiger charge is 2.17. The minimum atomic E-state index is -0.109. The average molecular weight is 431 g/mol. The average Bonchev–Trinajstić information content (AvgIpc) is 3.24. The van der Waals surface area contributed by atoms with E-state index in [9.17, 15) is 4.79 Å². The summed E-state index contributed by atoms with van der Waals surface area (Å²) in [6.45, 7) is 5.34. The Morgan fingerprint density at radius 2 is 1.91 bits per heavy atom. The number of fused-ring (bicyclic) bond motifs is 1. The van der Waals surface area contributed by atoms with E-state index in [0.29, 0.717) is 22.9 Å². The van der Waals surface area contributed by atoms with Gasteiger partial charge in [0.25, 0.3) is 5.56 Å². The quantitative estimate of drug-likeness (QED) is 0.524. The Morgan fingerprint density at radius 1 is 1.09 bits per heavy atom. The van der Waals surface area contributed by atoms with E-state index in [0.717, 1.165) is 53.8 Å². The van der Waals surface area contributed by atoms with Gasteiger partial charge in [-0.15, -0.1) is 0 Å². The summed E-state index contributed by atoms with van der Waals surface area (Å²) in [5.74, 6) is 1.21. The minimum Gasteiger partial charge on any atom is -0.381 e. The molecule has 1 saturated heterocycles. The molecule has 0 amide bonds. The summed E-state index contributed by atoms with van der Waals surface area (Å²) in [5.41, 5.74) is 4.63. The highest BCUT2D eigenvalue weighted by molar-refractivity contribution is 5.83. The van der Waals surface area contributed by atoms with Crippen LogP contribution in [0.1, 0.15) is 24.1 Å². The third-order valence-corrected chi connectivity index (χ3v) is 5.94. The van der Waals surface area contributed by atoms with Gasteiger partial charge in [-0.25, -0.2) is 4.98 Å². The van der Waals surface area contributed by atoms with Crippen LogP contribution in [0.5, 0.6) is 0 Å². The highest BCUT2D eigenvalue weighted by atomic mass is 16.5. The van der Waals surface area contributed by atoms with E-state index in [2.05, 4.69) is 20.4 Å². The van der Waals surface area contributed by atoms with Gasteiger partial charge in [-0.1, -0.05) is 17.3 Å². The first-order valence-electron chi connectivity index (χ1n) is 10.8. The molecule has 0 unspecified atom stereocenters. The molecule has 32 heavy (non-hydrogen) atoms. The Hall–Kier alpha value is -3.52. The van der Waals surface area contributed by atoms with E-state index in [4.69, 9.17) is 9.26 Å². The SMILES string of the molecule is Cc1cc(-c2ccc(C)c(-c3cc4cnc(NC5CCOCC5)nc4n(C)c3=O)c2)on1. The zero-order chi connectivity index (χ0) is 22.2. The van der Waals surface area contributed by atoms with Gasteiger partial charge in [-0.2, -0.15) is 4.98 Å². The molecule has 0 aliphatic carbocycles. The fraction of sp³-hybridized carbons (Fsp3) is 0.333. The van der Waals surface area contributed by atoms with Gasteiger partial charge in [0, 0.05) is 55.1 Å². The molecule has 8 nitrogen and oxygen atoms in total. The Bertz CT molecular complexity index is 1350. The normalized spacial score (nSPS) is 14.7. The lowest BCUT2D eigenvalue weighted by Crippen LogP contribution is -2.29. The van der Waals surface area contributed by atoms with Crippen molar-refractivity contribution in [3.05, 3.63) is 58.1 Å².